The topological polar surface area (TPSA) is 61.8 Å². The summed E-state index contributed by atoms with van der Waals surface area (Å²) in [5.74, 6) is 5.73. The fraction of sp³-hybridized carbons (Fsp3) is 0.862. The van der Waals surface area contributed by atoms with Crippen molar-refractivity contribution in [1.82, 2.24) is 9.78 Å². The Morgan fingerprint density at radius 1 is 1.15 bits per heavy atom. The maximum atomic E-state index is 11.2. The molecule has 1 heterocycles. The maximum absolute atomic E-state index is 11.2. The van der Waals surface area contributed by atoms with Gasteiger partial charge in [-0.3, -0.25) is 4.68 Å². The van der Waals surface area contributed by atoms with Crippen LogP contribution >= 0.6 is 0 Å². The van der Waals surface area contributed by atoms with Crippen molar-refractivity contribution >= 4 is 0 Å². The molecule has 182 valence electrons. The highest BCUT2D eigenvalue weighted by molar-refractivity contribution is 5.21. The molecule has 9 atom stereocenters. The summed E-state index contributed by atoms with van der Waals surface area (Å²) in [4.78, 5) is 0. The minimum atomic E-state index is -0.362. The van der Waals surface area contributed by atoms with Gasteiger partial charge in [0.05, 0.1) is 17.4 Å². The van der Waals surface area contributed by atoms with Crippen LogP contribution in [0.2, 0.25) is 0 Å². The highest BCUT2D eigenvalue weighted by Crippen LogP contribution is 2.65. The van der Waals surface area contributed by atoms with Crippen LogP contribution in [0.3, 0.4) is 0 Å². The number of fused-ring (bicyclic) bond motifs is 5. The number of hydrogen-bond acceptors (Lipinski definition) is 3. The summed E-state index contributed by atoms with van der Waals surface area (Å²) >= 11 is 0. The fourth-order valence-electron chi connectivity index (χ4n) is 9.61. The summed E-state index contributed by atoms with van der Waals surface area (Å²) in [6.45, 7) is 8.23. The molecule has 1 aromatic rings. The van der Waals surface area contributed by atoms with Crippen molar-refractivity contribution < 1.29 is 5.11 Å². The monoisotopic (exact) mass is 451 g/mol. The number of nitrogens with zero attached hydrogens (tertiary/aromatic N) is 3. The first-order valence-electron chi connectivity index (χ1n) is 14.0. The molecule has 4 aliphatic carbocycles. The lowest BCUT2D eigenvalue weighted by atomic mass is 9.48. The van der Waals surface area contributed by atoms with Crippen LogP contribution < -0.4 is 0 Å². The van der Waals surface area contributed by atoms with Gasteiger partial charge in [-0.25, -0.2) is 0 Å². The van der Waals surface area contributed by atoms with Crippen molar-refractivity contribution in [1.29, 1.82) is 5.26 Å². The Labute approximate surface area is 201 Å². The Morgan fingerprint density at radius 2 is 1.97 bits per heavy atom. The molecule has 4 fully saturated rings. The minimum absolute atomic E-state index is 0.362. The third-order valence-corrected chi connectivity index (χ3v) is 11.1. The molecule has 1 unspecified atom stereocenters. The number of unbranched alkanes of at least 4 members (excludes halogenated alkanes) is 1. The Bertz CT molecular complexity index is 872. The molecular formula is C29H45N3O. The molecule has 4 saturated carbocycles. The lowest BCUT2D eigenvalue weighted by molar-refractivity contribution is -0.111. The van der Waals surface area contributed by atoms with Crippen molar-refractivity contribution in [2.45, 2.75) is 110 Å². The van der Waals surface area contributed by atoms with E-state index in [-0.39, 0.29) is 5.60 Å². The van der Waals surface area contributed by atoms with Gasteiger partial charge in [0.25, 0.3) is 0 Å². The van der Waals surface area contributed by atoms with Crippen LogP contribution in [-0.2, 0) is 6.54 Å². The summed E-state index contributed by atoms with van der Waals surface area (Å²) in [6, 6.07) is 2.21. The molecule has 33 heavy (non-hydrogen) atoms. The van der Waals surface area contributed by atoms with Crippen LogP contribution in [0.5, 0.6) is 0 Å². The molecule has 0 aliphatic heterocycles. The van der Waals surface area contributed by atoms with Crippen molar-refractivity contribution in [2.75, 3.05) is 0 Å². The standard InChI is InChI=1S/C29H45N3O/c1-4-5-12-29(33)14-11-23-22(15-29)6-7-25-24(23)10-13-28(3)26(8-9-27(25)28)20(2)18-32-19-21(16-30)17-31-32/h17,19-20,22-27,33H,4-15,18H2,1-3H3/t20?,22-,23+,24-,25-,26-,27+,28-,29-/m1/s1. The van der Waals surface area contributed by atoms with Gasteiger partial charge in [0.15, 0.2) is 0 Å². The van der Waals surface area contributed by atoms with Gasteiger partial charge in [-0.1, -0.05) is 33.6 Å². The molecule has 0 amide bonds. The summed E-state index contributed by atoms with van der Waals surface area (Å²) < 4.78 is 2.00. The largest absolute Gasteiger partial charge is 0.390 e. The summed E-state index contributed by atoms with van der Waals surface area (Å²) in [7, 11) is 0. The second kappa shape index (κ2) is 9.03. The molecule has 0 aromatic carbocycles. The second-order valence-electron chi connectivity index (χ2n) is 12.8. The molecule has 1 N–H and O–H groups in total. The summed E-state index contributed by atoms with van der Waals surface area (Å²) in [5.41, 5.74) is 0.776. The molecule has 5 rings (SSSR count). The smallest absolute Gasteiger partial charge is 0.102 e. The van der Waals surface area contributed by atoms with E-state index in [4.69, 9.17) is 5.26 Å². The summed E-state index contributed by atoms with van der Waals surface area (Å²) in [5, 5.41) is 24.8. The van der Waals surface area contributed by atoms with E-state index in [1.807, 2.05) is 10.9 Å². The highest BCUT2D eigenvalue weighted by atomic mass is 16.3. The van der Waals surface area contributed by atoms with Crippen molar-refractivity contribution in [2.24, 2.45) is 46.8 Å². The maximum Gasteiger partial charge on any atom is 0.102 e. The van der Waals surface area contributed by atoms with Gasteiger partial charge in [0.2, 0.25) is 0 Å². The zero-order valence-corrected chi connectivity index (χ0v) is 21.2. The van der Waals surface area contributed by atoms with Crippen LogP contribution in [-0.4, -0.2) is 20.5 Å². The lowest BCUT2D eigenvalue weighted by Gasteiger charge is -2.57. The van der Waals surface area contributed by atoms with E-state index in [1.165, 1.54) is 57.8 Å². The van der Waals surface area contributed by atoms with Crippen molar-refractivity contribution in [3.63, 3.8) is 0 Å². The first-order chi connectivity index (χ1) is 15.9. The average molecular weight is 452 g/mol. The van der Waals surface area contributed by atoms with E-state index in [0.717, 1.165) is 61.3 Å². The van der Waals surface area contributed by atoms with Crippen LogP contribution in [0.15, 0.2) is 12.4 Å². The van der Waals surface area contributed by atoms with Gasteiger partial charge in [0.1, 0.15) is 6.07 Å². The zero-order chi connectivity index (χ0) is 23.2. The predicted octanol–water partition coefficient (Wildman–Crippen LogP) is 6.58. The third-order valence-electron chi connectivity index (χ3n) is 11.1. The number of nitriles is 1. The number of hydrogen-bond donors (Lipinski definition) is 1. The SMILES string of the molecule is CCCC[C@@]1(O)CC[C@H]2[C@H](CC[C@@H]3[C@@H]2CC[C@]2(C)[C@@H](C(C)Cn4cc(C#N)cn4)CC[C@@H]32)C1. The van der Waals surface area contributed by atoms with Crippen LogP contribution in [0.4, 0.5) is 0 Å². The number of rotatable bonds is 6. The number of aromatic nitrogens is 2. The first kappa shape index (κ1) is 23.4. The average Bonchev–Trinajstić information content (AvgIpc) is 3.40. The number of aliphatic hydroxyl groups is 1. The van der Waals surface area contributed by atoms with Gasteiger partial charge in [0, 0.05) is 12.7 Å². The van der Waals surface area contributed by atoms with Gasteiger partial charge in [-0.2, -0.15) is 10.4 Å². The Balaban J connectivity index is 1.26. The van der Waals surface area contributed by atoms with Crippen LogP contribution in [0.25, 0.3) is 0 Å². The van der Waals surface area contributed by atoms with E-state index >= 15 is 0 Å². The van der Waals surface area contributed by atoms with Crippen molar-refractivity contribution in [3.05, 3.63) is 18.0 Å². The normalized spacial score (nSPS) is 43.2. The van der Waals surface area contributed by atoms with Gasteiger partial charge in [-0.05, 0) is 111 Å². The quantitative estimate of drug-likeness (QED) is 0.531. The van der Waals surface area contributed by atoms with E-state index in [2.05, 4.69) is 31.9 Å². The molecule has 4 heteroatoms. The third kappa shape index (κ3) is 4.18. The Morgan fingerprint density at radius 3 is 2.73 bits per heavy atom. The Hall–Kier alpha value is -1.34. The summed E-state index contributed by atoms with van der Waals surface area (Å²) in [6.07, 6.45) is 18.7. The lowest BCUT2D eigenvalue weighted by Crippen LogP contribution is -2.51. The first-order valence-corrected chi connectivity index (χ1v) is 14.0. The van der Waals surface area contributed by atoms with Crippen LogP contribution in [0.1, 0.15) is 103 Å². The molecule has 1 aromatic heterocycles. The predicted molar refractivity (Wildman–Crippen MR) is 131 cm³/mol. The molecule has 4 nitrogen and oxygen atoms in total. The van der Waals surface area contributed by atoms with E-state index in [1.54, 1.807) is 6.20 Å². The Kier molecular flexibility index (Phi) is 6.40. The zero-order valence-electron chi connectivity index (χ0n) is 21.2. The molecular weight excluding hydrogens is 406 g/mol. The minimum Gasteiger partial charge on any atom is -0.390 e. The fourth-order valence-corrected chi connectivity index (χ4v) is 9.61. The van der Waals surface area contributed by atoms with Gasteiger partial charge < -0.3 is 5.11 Å². The van der Waals surface area contributed by atoms with E-state index < -0.39 is 0 Å². The van der Waals surface area contributed by atoms with E-state index in [9.17, 15) is 5.11 Å². The highest BCUT2D eigenvalue weighted by Gasteiger charge is 2.58. The molecule has 0 spiro atoms. The van der Waals surface area contributed by atoms with Gasteiger partial charge >= 0.3 is 0 Å². The second-order valence-corrected chi connectivity index (χ2v) is 12.8. The van der Waals surface area contributed by atoms with Crippen molar-refractivity contribution in [3.8, 4) is 6.07 Å². The molecule has 0 bridgehead atoms. The molecule has 4 aliphatic rings. The van der Waals surface area contributed by atoms with Crippen LogP contribution in [0, 0.1) is 58.2 Å². The molecule has 0 radical (unpaired) electrons. The molecule has 0 saturated heterocycles. The van der Waals surface area contributed by atoms with E-state index in [0.29, 0.717) is 16.9 Å². The van der Waals surface area contributed by atoms with Gasteiger partial charge in [-0.15, -0.1) is 0 Å².